The first-order valence-electron chi connectivity index (χ1n) is 8.23. The lowest BCUT2D eigenvalue weighted by Crippen LogP contribution is -2.31. The molecule has 7 heteroatoms. The lowest BCUT2D eigenvalue weighted by molar-refractivity contribution is -0.118. The summed E-state index contributed by atoms with van der Waals surface area (Å²) in [6.07, 6.45) is 3.88. The molecule has 126 valence electrons. The topological polar surface area (TPSA) is 66.9 Å². The third-order valence-corrected chi connectivity index (χ3v) is 6.12. The molecule has 1 amide bonds. The molecule has 1 aliphatic carbocycles. The Morgan fingerprint density at radius 2 is 2.21 bits per heavy atom. The fourth-order valence-corrected chi connectivity index (χ4v) is 4.58. The first-order valence-corrected chi connectivity index (χ1v) is 9.42. The normalized spacial score (nSPS) is 21.6. The molecule has 4 rings (SSSR count). The second kappa shape index (κ2) is 6.43. The minimum Gasteiger partial charge on any atom is -0.317 e. The molecule has 24 heavy (non-hydrogen) atoms. The van der Waals surface area contributed by atoms with E-state index in [2.05, 4.69) is 20.8 Å². The lowest BCUT2D eigenvalue weighted by atomic mass is 9.92. The predicted molar refractivity (Wildman–Crippen MR) is 95.4 cm³/mol. The zero-order valence-electron chi connectivity index (χ0n) is 13.2. The number of anilines is 1. The average Bonchev–Trinajstić information content (AvgIpc) is 3.07. The summed E-state index contributed by atoms with van der Waals surface area (Å²) in [4.78, 5) is 12.5. The Balaban J connectivity index is 1.36. The van der Waals surface area contributed by atoms with E-state index in [1.165, 1.54) is 11.3 Å². The maximum atomic E-state index is 12.5. The van der Waals surface area contributed by atoms with Crippen molar-refractivity contribution < 1.29 is 4.79 Å². The van der Waals surface area contributed by atoms with Crippen LogP contribution < -0.4 is 10.6 Å². The number of aromatic nitrogens is 2. The highest BCUT2D eigenvalue weighted by Gasteiger charge is 2.57. The van der Waals surface area contributed by atoms with Crippen LogP contribution in [0.3, 0.4) is 0 Å². The van der Waals surface area contributed by atoms with Crippen LogP contribution in [0.5, 0.6) is 0 Å². The van der Waals surface area contributed by atoms with Crippen molar-refractivity contribution in [2.24, 2.45) is 11.3 Å². The highest BCUT2D eigenvalue weighted by Crippen LogP contribution is 2.58. The van der Waals surface area contributed by atoms with Gasteiger partial charge in [0.15, 0.2) is 0 Å². The maximum absolute atomic E-state index is 12.5. The van der Waals surface area contributed by atoms with Crippen LogP contribution in [0, 0.1) is 11.3 Å². The molecular weight excluding hydrogens is 344 g/mol. The van der Waals surface area contributed by atoms with E-state index < -0.39 is 0 Å². The molecular formula is C17H19ClN4OS. The van der Waals surface area contributed by atoms with E-state index in [0.717, 1.165) is 42.9 Å². The first-order chi connectivity index (χ1) is 11.6. The van der Waals surface area contributed by atoms with Crippen molar-refractivity contribution >= 4 is 34.0 Å². The van der Waals surface area contributed by atoms with E-state index in [0.29, 0.717) is 16.6 Å². The van der Waals surface area contributed by atoms with Gasteiger partial charge in [-0.05, 0) is 55.5 Å². The number of piperidine rings is 1. The average molecular weight is 363 g/mol. The number of halogens is 1. The molecule has 1 saturated heterocycles. The van der Waals surface area contributed by atoms with Gasteiger partial charge in [0.05, 0.1) is 0 Å². The van der Waals surface area contributed by atoms with E-state index in [1.807, 2.05) is 24.3 Å². The Labute approximate surface area is 149 Å². The van der Waals surface area contributed by atoms with Gasteiger partial charge in [0.1, 0.15) is 5.01 Å². The number of carbonyl (C=O) groups excluding carboxylic acids is 1. The third-order valence-electron chi connectivity index (χ3n) is 5.05. The number of amides is 1. The van der Waals surface area contributed by atoms with E-state index in [-0.39, 0.29) is 17.2 Å². The number of carbonyl (C=O) groups is 1. The predicted octanol–water partition coefficient (Wildman–Crippen LogP) is 3.11. The highest BCUT2D eigenvalue weighted by atomic mass is 35.5. The Morgan fingerprint density at radius 3 is 3.00 bits per heavy atom. The van der Waals surface area contributed by atoms with Crippen LogP contribution in [0.1, 0.15) is 29.8 Å². The summed E-state index contributed by atoms with van der Waals surface area (Å²) in [5.74, 6) is 0.238. The van der Waals surface area contributed by atoms with Gasteiger partial charge < -0.3 is 10.6 Å². The molecule has 2 aliphatic rings. The molecule has 1 atom stereocenters. The fraction of sp³-hybridized carbons (Fsp3) is 0.471. The molecule has 0 radical (unpaired) electrons. The second-order valence-corrected chi connectivity index (χ2v) is 8.16. The molecule has 0 bridgehead atoms. The van der Waals surface area contributed by atoms with Crippen molar-refractivity contribution in [3.05, 3.63) is 39.9 Å². The number of nitrogens with one attached hydrogen (secondary N) is 2. The Kier molecular flexibility index (Phi) is 4.28. The van der Waals surface area contributed by atoms with Crippen LogP contribution in [0.15, 0.2) is 24.3 Å². The van der Waals surface area contributed by atoms with Crippen molar-refractivity contribution in [2.75, 3.05) is 18.4 Å². The molecule has 2 N–H and O–H groups in total. The van der Waals surface area contributed by atoms with Crippen LogP contribution in [-0.2, 0) is 11.2 Å². The molecule has 1 aromatic carbocycles. The van der Waals surface area contributed by atoms with Gasteiger partial charge in [-0.1, -0.05) is 35.1 Å². The number of hydrogen-bond donors (Lipinski definition) is 2. The zero-order valence-corrected chi connectivity index (χ0v) is 14.8. The molecule has 1 aliphatic heterocycles. The van der Waals surface area contributed by atoms with Crippen LogP contribution in [0.4, 0.5) is 5.13 Å². The van der Waals surface area contributed by atoms with Gasteiger partial charge in [0.2, 0.25) is 11.0 Å². The van der Waals surface area contributed by atoms with Crippen LogP contribution in [0.25, 0.3) is 0 Å². The van der Waals surface area contributed by atoms with E-state index in [4.69, 9.17) is 11.6 Å². The van der Waals surface area contributed by atoms with Crippen LogP contribution in [-0.4, -0.2) is 29.2 Å². The molecule has 2 aromatic rings. The number of benzene rings is 1. The first kappa shape index (κ1) is 16.0. The fourth-order valence-electron chi connectivity index (χ4n) is 3.59. The molecule has 1 unspecified atom stereocenters. The van der Waals surface area contributed by atoms with Crippen LogP contribution in [0.2, 0.25) is 5.02 Å². The minimum atomic E-state index is 0.0994. The largest absolute Gasteiger partial charge is 0.317 e. The van der Waals surface area contributed by atoms with Crippen molar-refractivity contribution in [2.45, 2.75) is 25.7 Å². The minimum absolute atomic E-state index is 0.0994. The Hall–Kier alpha value is -1.50. The molecule has 2 fully saturated rings. The molecule has 1 aromatic heterocycles. The third kappa shape index (κ3) is 3.31. The summed E-state index contributed by atoms with van der Waals surface area (Å²) in [7, 11) is 0. The van der Waals surface area contributed by atoms with Gasteiger partial charge in [-0.3, -0.25) is 4.79 Å². The second-order valence-electron chi connectivity index (χ2n) is 6.67. The molecule has 1 saturated carbocycles. The number of nitrogens with zero attached hydrogens (tertiary/aromatic N) is 2. The maximum Gasteiger partial charge on any atom is 0.229 e. The summed E-state index contributed by atoms with van der Waals surface area (Å²) >= 11 is 7.44. The van der Waals surface area contributed by atoms with E-state index in [9.17, 15) is 4.79 Å². The lowest BCUT2D eigenvalue weighted by Gasteiger charge is -2.22. The Morgan fingerprint density at radius 1 is 1.38 bits per heavy atom. The SMILES string of the molecule is O=C(Nc1nnc(Cc2cccc(Cl)c2)s1)C1CC12CCNCC2. The van der Waals surface area contributed by atoms with E-state index in [1.54, 1.807) is 0 Å². The summed E-state index contributed by atoms with van der Waals surface area (Å²) in [6.45, 7) is 2.04. The highest BCUT2D eigenvalue weighted by molar-refractivity contribution is 7.15. The summed E-state index contributed by atoms with van der Waals surface area (Å²) in [5, 5.41) is 16.8. The smallest absolute Gasteiger partial charge is 0.229 e. The van der Waals surface area contributed by atoms with Gasteiger partial charge >= 0.3 is 0 Å². The van der Waals surface area contributed by atoms with Gasteiger partial charge in [0, 0.05) is 17.4 Å². The van der Waals surface area contributed by atoms with Gasteiger partial charge in [-0.2, -0.15) is 0 Å². The van der Waals surface area contributed by atoms with Crippen molar-refractivity contribution in [3.8, 4) is 0 Å². The monoisotopic (exact) mass is 362 g/mol. The van der Waals surface area contributed by atoms with Crippen LogP contribution >= 0.6 is 22.9 Å². The summed E-state index contributed by atoms with van der Waals surface area (Å²) < 4.78 is 0. The van der Waals surface area contributed by atoms with Crippen molar-refractivity contribution in [1.82, 2.24) is 15.5 Å². The standard InChI is InChI=1S/C17H19ClN4OS/c18-12-3-1-2-11(8-12)9-14-21-22-16(24-14)20-15(23)13-10-17(13)4-6-19-7-5-17/h1-3,8,13,19H,4-7,9-10H2,(H,20,22,23). The molecule has 1 spiro atoms. The number of rotatable bonds is 4. The molecule has 5 nitrogen and oxygen atoms in total. The van der Waals surface area contributed by atoms with Crippen molar-refractivity contribution in [1.29, 1.82) is 0 Å². The van der Waals surface area contributed by atoms with Crippen molar-refractivity contribution in [3.63, 3.8) is 0 Å². The Bertz CT molecular complexity index is 757. The zero-order chi connectivity index (χ0) is 16.6. The number of hydrogen-bond acceptors (Lipinski definition) is 5. The quantitative estimate of drug-likeness (QED) is 0.877. The van der Waals surface area contributed by atoms with Gasteiger partial charge in [0.25, 0.3) is 0 Å². The van der Waals surface area contributed by atoms with Gasteiger partial charge in [-0.25, -0.2) is 0 Å². The summed E-state index contributed by atoms with van der Waals surface area (Å²) in [6, 6.07) is 7.71. The van der Waals surface area contributed by atoms with E-state index >= 15 is 0 Å². The molecule has 2 heterocycles. The summed E-state index contributed by atoms with van der Waals surface area (Å²) in [5.41, 5.74) is 1.33. The van der Waals surface area contributed by atoms with Gasteiger partial charge in [-0.15, -0.1) is 10.2 Å².